The summed E-state index contributed by atoms with van der Waals surface area (Å²) in [4.78, 5) is 12.5. The van der Waals surface area contributed by atoms with Crippen LogP contribution in [0.2, 0.25) is 5.02 Å². The fraction of sp³-hybridized carbons (Fsp3) is 0.0833. The Hall–Kier alpha value is -3.60. The number of nitriles is 1. The molecule has 0 atom stereocenters. The fourth-order valence-corrected chi connectivity index (χ4v) is 4.04. The van der Waals surface area contributed by atoms with Gasteiger partial charge in [0.15, 0.2) is 5.16 Å². The van der Waals surface area contributed by atoms with Gasteiger partial charge in [-0.2, -0.15) is 5.26 Å². The second-order valence-corrected chi connectivity index (χ2v) is 8.25. The van der Waals surface area contributed by atoms with E-state index in [2.05, 4.69) is 21.6 Å². The number of thioether (sulfide) groups is 1. The number of benzene rings is 3. The molecular weight excluding hydrogens is 442 g/mol. The Balaban J connectivity index is 1.56. The van der Waals surface area contributed by atoms with Crippen molar-refractivity contribution in [2.24, 2.45) is 0 Å². The molecule has 0 aliphatic heterocycles. The van der Waals surface area contributed by atoms with Gasteiger partial charge in [0.2, 0.25) is 5.91 Å². The Labute approximate surface area is 194 Å². The van der Waals surface area contributed by atoms with Crippen molar-refractivity contribution in [2.75, 3.05) is 11.1 Å². The highest BCUT2D eigenvalue weighted by atomic mass is 35.5. The van der Waals surface area contributed by atoms with Crippen molar-refractivity contribution in [3.63, 3.8) is 0 Å². The zero-order valence-corrected chi connectivity index (χ0v) is 18.5. The summed E-state index contributed by atoms with van der Waals surface area (Å²) in [6.45, 7) is 0. The second kappa shape index (κ2) is 10.1. The zero-order valence-electron chi connectivity index (χ0n) is 16.9. The molecule has 6 nitrogen and oxygen atoms in total. The summed E-state index contributed by atoms with van der Waals surface area (Å²) in [7, 11) is 0. The van der Waals surface area contributed by atoms with E-state index in [1.54, 1.807) is 24.3 Å². The summed E-state index contributed by atoms with van der Waals surface area (Å²) in [5, 5.41) is 21.9. The number of halogens is 1. The molecule has 1 heterocycles. The summed E-state index contributed by atoms with van der Waals surface area (Å²) < 4.78 is 1.94. The lowest BCUT2D eigenvalue weighted by Gasteiger charge is -2.11. The SMILES string of the molecule is N#Cc1ccccc1NC(=O)CSc1nnc(Cc2ccccc2)n1-c1ccc(Cl)cc1. The van der Waals surface area contributed by atoms with Crippen LogP contribution in [-0.2, 0) is 11.2 Å². The largest absolute Gasteiger partial charge is 0.324 e. The lowest BCUT2D eigenvalue weighted by molar-refractivity contribution is -0.113. The molecule has 3 aromatic carbocycles. The maximum atomic E-state index is 12.5. The number of hydrogen-bond donors (Lipinski definition) is 1. The van der Waals surface area contributed by atoms with E-state index in [1.807, 2.05) is 59.2 Å². The van der Waals surface area contributed by atoms with E-state index in [4.69, 9.17) is 11.6 Å². The summed E-state index contributed by atoms with van der Waals surface area (Å²) >= 11 is 7.35. The Morgan fingerprint density at radius 1 is 1.00 bits per heavy atom. The molecule has 0 fully saturated rings. The van der Waals surface area contributed by atoms with Gasteiger partial charge in [-0.15, -0.1) is 10.2 Å². The number of amides is 1. The summed E-state index contributed by atoms with van der Waals surface area (Å²) in [5.74, 6) is 0.654. The summed E-state index contributed by atoms with van der Waals surface area (Å²) in [6.07, 6.45) is 0.596. The van der Waals surface area contributed by atoms with E-state index >= 15 is 0 Å². The van der Waals surface area contributed by atoms with Crippen LogP contribution in [0, 0.1) is 11.3 Å². The van der Waals surface area contributed by atoms with E-state index in [9.17, 15) is 10.1 Å². The van der Waals surface area contributed by atoms with Crippen molar-refractivity contribution in [3.05, 3.63) is 101 Å². The van der Waals surface area contributed by atoms with Gasteiger partial charge in [0.25, 0.3) is 0 Å². The number of rotatable bonds is 7. The molecule has 0 aliphatic carbocycles. The maximum absolute atomic E-state index is 12.5. The monoisotopic (exact) mass is 459 g/mol. The predicted octanol–water partition coefficient (Wildman–Crippen LogP) is 5.11. The third-order valence-corrected chi connectivity index (χ3v) is 5.83. The second-order valence-electron chi connectivity index (χ2n) is 6.87. The van der Waals surface area contributed by atoms with E-state index in [0.29, 0.717) is 27.9 Å². The Morgan fingerprint density at radius 2 is 1.72 bits per heavy atom. The highest BCUT2D eigenvalue weighted by molar-refractivity contribution is 7.99. The molecule has 0 spiro atoms. The van der Waals surface area contributed by atoms with Gasteiger partial charge in [-0.25, -0.2) is 0 Å². The zero-order chi connectivity index (χ0) is 22.3. The lowest BCUT2D eigenvalue weighted by Crippen LogP contribution is -2.15. The summed E-state index contributed by atoms with van der Waals surface area (Å²) in [6, 6.07) is 26.4. The summed E-state index contributed by atoms with van der Waals surface area (Å²) in [5.41, 5.74) is 2.88. The minimum atomic E-state index is -0.229. The van der Waals surface area contributed by atoms with Gasteiger partial charge in [0.05, 0.1) is 17.0 Å². The molecule has 0 saturated carbocycles. The molecule has 1 aromatic heterocycles. The van der Waals surface area contributed by atoms with Crippen LogP contribution in [0.3, 0.4) is 0 Å². The smallest absolute Gasteiger partial charge is 0.234 e. The van der Waals surface area contributed by atoms with E-state index < -0.39 is 0 Å². The molecule has 0 bridgehead atoms. The molecule has 32 heavy (non-hydrogen) atoms. The van der Waals surface area contributed by atoms with Crippen molar-refractivity contribution in [1.29, 1.82) is 5.26 Å². The molecule has 1 amide bonds. The minimum absolute atomic E-state index is 0.122. The van der Waals surface area contributed by atoms with Gasteiger partial charge in [-0.1, -0.05) is 65.8 Å². The molecule has 0 saturated heterocycles. The average Bonchev–Trinajstić information content (AvgIpc) is 3.21. The van der Waals surface area contributed by atoms with Crippen molar-refractivity contribution >= 4 is 35.0 Å². The van der Waals surface area contributed by atoms with Crippen molar-refractivity contribution in [1.82, 2.24) is 14.8 Å². The van der Waals surface area contributed by atoms with Gasteiger partial charge in [-0.3, -0.25) is 9.36 Å². The predicted molar refractivity (Wildman–Crippen MR) is 126 cm³/mol. The molecule has 8 heteroatoms. The first-order valence-electron chi connectivity index (χ1n) is 9.80. The normalized spacial score (nSPS) is 10.5. The molecule has 0 radical (unpaired) electrons. The van der Waals surface area contributed by atoms with E-state index in [1.165, 1.54) is 11.8 Å². The number of carbonyl (C=O) groups excluding carboxylic acids is 1. The number of carbonyl (C=O) groups is 1. The maximum Gasteiger partial charge on any atom is 0.234 e. The van der Waals surface area contributed by atoms with Crippen LogP contribution in [0.15, 0.2) is 84.0 Å². The first-order valence-corrected chi connectivity index (χ1v) is 11.2. The quantitative estimate of drug-likeness (QED) is 0.388. The topological polar surface area (TPSA) is 83.6 Å². The number of nitrogens with zero attached hydrogens (tertiary/aromatic N) is 4. The minimum Gasteiger partial charge on any atom is -0.324 e. The molecule has 0 unspecified atom stereocenters. The van der Waals surface area contributed by atoms with Gasteiger partial charge in [0.1, 0.15) is 11.9 Å². The van der Waals surface area contributed by atoms with Crippen LogP contribution < -0.4 is 5.32 Å². The van der Waals surface area contributed by atoms with Crippen molar-refractivity contribution in [2.45, 2.75) is 11.6 Å². The molecule has 4 aromatic rings. The van der Waals surface area contributed by atoms with Gasteiger partial charge >= 0.3 is 0 Å². The van der Waals surface area contributed by atoms with E-state index in [0.717, 1.165) is 17.1 Å². The van der Waals surface area contributed by atoms with Gasteiger partial charge < -0.3 is 5.32 Å². The third kappa shape index (κ3) is 5.17. The molecule has 158 valence electrons. The van der Waals surface area contributed by atoms with Crippen LogP contribution >= 0.6 is 23.4 Å². The number of nitrogens with one attached hydrogen (secondary N) is 1. The highest BCUT2D eigenvalue weighted by Crippen LogP contribution is 2.25. The number of hydrogen-bond acceptors (Lipinski definition) is 5. The number of anilines is 1. The molecule has 0 aliphatic rings. The van der Waals surface area contributed by atoms with Crippen LogP contribution in [-0.4, -0.2) is 26.4 Å². The van der Waals surface area contributed by atoms with Crippen LogP contribution in [0.1, 0.15) is 17.0 Å². The van der Waals surface area contributed by atoms with Crippen molar-refractivity contribution in [3.8, 4) is 11.8 Å². The van der Waals surface area contributed by atoms with Crippen LogP contribution in [0.25, 0.3) is 5.69 Å². The Bertz CT molecular complexity index is 1270. The third-order valence-electron chi connectivity index (χ3n) is 4.64. The molecule has 1 N–H and O–H groups in total. The Kier molecular flexibility index (Phi) is 6.85. The molecular formula is C24H18ClN5OS. The van der Waals surface area contributed by atoms with Gasteiger partial charge in [0, 0.05) is 17.1 Å². The highest BCUT2D eigenvalue weighted by Gasteiger charge is 2.17. The van der Waals surface area contributed by atoms with Crippen LogP contribution in [0.4, 0.5) is 5.69 Å². The Morgan fingerprint density at radius 3 is 2.47 bits per heavy atom. The number of aromatic nitrogens is 3. The first kappa shape index (κ1) is 21.6. The average molecular weight is 460 g/mol. The van der Waals surface area contributed by atoms with Crippen molar-refractivity contribution < 1.29 is 4.79 Å². The number of para-hydroxylation sites is 1. The van der Waals surface area contributed by atoms with Gasteiger partial charge in [-0.05, 0) is 42.0 Å². The first-order chi connectivity index (χ1) is 15.6. The van der Waals surface area contributed by atoms with Crippen LogP contribution in [0.5, 0.6) is 0 Å². The lowest BCUT2D eigenvalue weighted by atomic mass is 10.1. The molecule has 4 rings (SSSR count). The fourth-order valence-electron chi connectivity index (χ4n) is 3.14. The standard InChI is InChI=1S/C24H18ClN5OS/c25-19-10-12-20(13-11-19)30-22(14-17-6-2-1-3-7-17)28-29-24(30)32-16-23(31)27-21-9-5-4-8-18(21)15-26/h1-13H,14,16H2,(H,27,31). The van der Waals surface area contributed by atoms with E-state index in [-0.39, 0.29) is 11.7 Å².